The van der Waals surface area contributed by atoms with E-state index in [1.807, 2.05) is 0 Å². The van der Waals surface area contributed by atoms with Gasteiger partial charge in [0.15, 0.2) is 0 Å². The maximum absolute atomic E-state index is 6.10. The van der Waals surface area contributed by atoms with Gasteiger partial charge in [-0.25, -0.2) is 0 Å². The van der Waals surface area contributed by atoms with Crippen LogP contribution < -0.4 is 11.5 Å². The molecule has 17 heavy (non-hydrogen) atoms. The highest BCUT2D eigenvalue weighted by molar-refractivity contribution is 6.42. The van der Waals surface area contributed by atoms with Crippen molar-refractivity contribution >= 4 is 46.2 Å². The second-order valence-electron chi connectivity index (χ2n) is 3.43. The normalized spacial score (nSPS) is 10.5. The zero-order valence-corrected chi connectivity index (χ0v) is 10.8. The van der Waals surface area contributed by atoms with Crippen LogP contribution in [0.3, 0.4) is 0 Å². The molecule has 4 N–H and O–H groups in total. The standard InChI is InChI=1S/C11H8Cl3N3/c12-5-1-7(13)10(8(14)2-5)6-3-17-4-9(15)11(6)16/h1-4H,15H2,(H2,16,17). The lowest BCUT2D eigenvalue weighted by molar-refractivity contribution is 1.33. The molecule has 6 heteroatoms. The molecule has 0 aliphatic heterocycles. The van der Waals surface area contributed by atoms with Crippen LogP contribution in [0.15, 0.2) is 24.5 Å². The minimum atomic E-state index is 0.379. The van der Waals surface area contributed by atoms with Crippen LogP contribution in [-0.2, 0) is 0 Å². The smallest absolute Gasteiger partial charge is 0.0740 e. The van der Waals surface area contributed by atoms with Gasteiger partial charge in [-0.3, -0.25) is 4.98 Å². The van der Waals surface area contributed by atoms with Crippen LogP contribution in [-0.4, -0.2) is 4.98 Å². The van der Waals surface area contributed by atoms with Crippen molar-refractivity contribution in [3.05, 3.63) is 39.6 Å². The fraction of sp³-hybridized carbons (Fsp3) is 0. The van der Waals surface area contributed by atoms with Crippen LogP contribution in [0.2, 0.25) is 15.1 Å². The SMILES string of the molecule is Nc1cncc(-c2c(Cl)cc(Cl)cc2Cl)c1N. The Labute approximate surface area is 113 Å². The van der Waals surface area contributed by atoms with Crippen LogP contribution in [0, 0.1) is 0 Å². The number of nitrogen functional groups attached to an aromatic ring is 2. The number of rotatable bonds is 1. The van der Waals surface area contributed by atoms with E-state index in [-0.39, 0.29) is 0 Å². The van der Waals surface area contributed by atoms with Gasteiger partial charge in [-0.2, -0.15) is 0 Å². The molecule has 0 aliphatic carbocycles. The summed E-state index contributed by atoms with van der Waals surface area (Å²) in [6.07, 6.45) is 3.03. The first-order valence-corrected chi connectivity index (χ1v) is 5.78. The van der Waals surface area contributed by atoms with E-state index in [1.165, 1.54) is 6.20 Å². The number of anilines is 2. The number of nitrogens with zero attached hydrogens (tertiary/aromatic N) is 1. The molecule has 3 nitrogen and oxygen atoms in total. The predicted molar refractivity (Wildman–Crippen MR) is 73.5 cm³/mol. The number of halogens is 3. The third-order valence-corrected chi connectivity index (χ3v) is 3.11. The summed E-state index contributed by atoms with van der Waals surface area (Å²) >= 11 is 18.0. The Kier molecular flexibility index (Phi) is 3.33. The number of aromatic nitrogens is 1. The Bertz CT molecular complexity index is 561. The van der Waals surface area contributed by atoms with Crippen molar-refractivity contribution in [1.29, 1.82) is 0 Å². The van der Waals surface area contributed by atoms with Crippen molar-refractivity contribution in [2.24, 2.45) is 0 Å². The van der Waals surface area contributed by atoms with Gasteiger partial charge in [0.05, 0.1) is 27.6 Å². The fourth-order valence-electron chi connectivity index (χ4n) is 1.49. The van der Waals surface area contributed by atoms with Crippen molar-refractivity contribution in [3.8, 4) is 11.1 Å². The van der Waals surface area contributed by atoms with E-state index < -0.39 is 0 Å². The number of nitrogens with two attached hydrogens (primary N) is 2. The van der Waals surface area contributed by atoms with Crippen LogP contribution in [0.25, 0.3) is 11.1 Å². The number of hydrogen-bond acceptors (Lipinski definition) is 3. The number of benzene rings is 1. The molecule has 0 saturated carbocycles. The molecule has 0 fully saturated rings. The summed E-state index contributed by atoms with van der Waals surface area (Å²) in [5.74, 6) is 0. The van der Waals surface area contributed by atoms with Crippen LogP contribution >= 0.6 is 34.8 Å². The first kappa shape index (κ1) is 12.3. The monoisotopic (exact) mass is 287 g/mol. The van der Waals surface area contributed by atoms with Gasteiger partial charge in [-0.1, -0.05) is 34.8 Å². The van der Waals surface area contributed by atoms with Gasteiger partial charge in [0.25, 0.3) is 0 Å². The van der Waals surface area contributed by atoms with Gasteiger partial charge in [0.2, 0.25) is 0 Å². The van der Waals surface area contributed by atoms with Crippen LogP contribution in [0.1, 0.15) is 0 Å². The lowest BCUT2D eigenvalue weighted by atomic mass is 10.1. The van der Waals surface area contributed by atoms with Crippen LogP contribution in [0.5, 0.6) is 0 Å². The van der Waals surface area contributed by atoms with E-state index in [4.69, 9.17) is 46.3 Å². The lowest BCUT2D eigenvalue weighted by Gasteiger charge is -2.11. The average molecular weight is 289 g/mol. The summed E-state index contributed by atoms with van der Waals surface area (Å²) in [6, 6.07) is 3.18. The van der Waals surface area contributed by atoms with Gasteiger partial charge < -0.3 is 11.5 Å². The minimum Gasteiger partial charge on any atom is -0.396 e. The van der Waals surface area contributed by atoms with Crippen molar-refractivity contribution in [2.75, 3.05) is 11.5 Å². The summed E-state index contributed by atoms with van der Waals surface area (Å²) in [6.45, 7) is 0. The molecule has 88 valence electrons. The van der Waals surface area contributed by atoms with Crippen molar-refractivity contribution in [1.82, 2.24) is 4.98 Å². The second-order valence-corrected chi connectivity index (χ2v) is 4.69. The summed E-state index contributed by atoms with van der Waals surface area (Å²) in [4.78, 5) is 3.97. The van der Waals surface area contributed by atoms with Crippen molar-refractivity contribution < 1.29 is 0 Å². The van der Waals surface area contributed by atoms with Crippen molar-refractivity contribution in [3.63, 3.8) is 0 Å². The fourth-order valence-corrected chi connectivity index (χ4v) is 2.51. The molecular formula is C11H8Cl3N3. The summed E-state index contributed by atoms with van der Waals surface area (Å²) in [5, 5.41) is 1.27. The molecule has 0 radical (unpaired) electrons. The largest absolute Gasteiger partial charge is 0.396 e. The molecule has 0 unspecified atom stereocenters. The van der Waals surface area contributed by atoms with Gasteiger partial charge in [0, 0.05) is 22.3 Å². The van der Waals surface area contributed by atoms with E-state index >= 15 is 0 Å². The molecule has 0 atom stereocenters. The Balaban J connectivity index is 2.73. The molecule has 2 aromatic rings. The maximum atomic E-state index is 6.10. The van der Waals surface area contributed by atoms with E-state index in [2.05, 4.69) is 4.98 Å². The molecule has 1 heterocycles. The third kappa shape index (κ3) is 2.27. The molecule has 1 aromatic heterocycles. The zero-order chi connectivity index (χ0) is 12.6. The summed E-state index contributed by atoms with van der Waals surface area (Å²) in [7, 11) is 0. The topological polar surface area (TPSA) is 64.9 Å². The highest BCUT2D eigenvalue weighted by atomic mass is 35.5. The molecule has 0 amide bonds. The average Bonchev–Trinajstić information content (AvgIpc) is 2.23. The van der Waals surface area contributed by atoms with E-state index in [1.54, 1.807) is 18.3 Å². The van der Waals surface area contributed by atoms with Gasteiger partial charge in [-0.05, 0) is 12.1 Å². The van der Waals surface area contributed by atoms with Gasteiger partial charge >= 0.3 is 0 Å². The number of hydrogen-bond donors (Lipinski definition) is 2. The Morgan fingerprint density at radius 3 is 2.12 bits per heavy atom. The minimum absolute atomic E-state index is 0.379. The Hall–Kier alpha value is -1.16. The molecule has 0 bridgehead atoms. The third-order valence-electron chi connectivity index (χ3n) is 2.29. The van der Waals surface area contributed by atoms with E-state index in [0.717, 1.165) is 0 Å². The van der Waals surface area contributed by atoms with Gasteiger partial charge in [-0.15, -0.1) is 0 Å². The van der Waals surface area contributed by atoms with Crippen LogP contribution in [0.4, 0.5) is 11.4 Å². The number of pyridine rings is 1. The summed E-state index contributed by atoms with van der Waals surface area (Å²) < 4.78 is 0. The quantitative estimate of drug-likeness (QED) is 0.837. The maximum Gasteiger partial charge on any atom is 0.0740 e. The first-order valence-electron chi connectivity index (χ1n) is 4.64. The highest BCUT2D eigenvalue weighted by Crippen LogP contribution is 2.40. The molecule has 0 spiro atoms. The second kappa shape index (κ2) is 4.61. The molecular weight excluding hydrogens is 281 g/mol. The van der Waals surface area contributed by atoms with E-state index in [0.29, 0.717) is 37.6 Å². The molecule has 0 saturated heterocycles. The molecule has 0 aliphatic rings. The highest BCUT2D eigenvalue weighted by Gasteiger charge is 2.14. The van der Waals surface area contributed by atoms with E-state index in [9.17, 15) is 0 Å². The lowest BCUT2D eigenvalue weighted by Crippen LogP contribution is -1.99. The Morgan fingerprint density at radius 2 is 1.53 bits per heavy atom. The first-order chi connectivity index (χ1) is 8.00. The molecule has 2 rings (SSSR count). The summed E-state index contributed by atoms with van der Waals surface area (Å²) in [5.41, 5.74) is 13.5. The Morgan fingerprint density at radius 1 is 0.941 bits per heavy atom. The zero-order valence-electron chi connectivity index (χ0n) is 8.55. The van der Waals surface area contributed by atoms with Crippen molar-refractivity contribution in [2.45, 2.75) is 0 Å². The predicted octanol–water partition coefficient (Wildman–Crippen LogP) is 3.87. The molecule has 1 aromatic carbocycles. The van der Waals surface area contributed by atoms with Gasteiger partial charge in [0.1, 0.15) is 0 Å².